The van der Waals surface area contributed by atoms with Crippen molar-refractivity contribution in [3.8, 4) is 0 Å². The number of aromatic nitrogens is 2. The molecule has 0 radical (unpaired) electrons. The average molecular weight is 401 g/mol. The smallest absolute Gasteiger partial charge is 0.231 e. The fourth-order valence-corrected chi connectivity index (χ4v) is 5.03. The van der Waals surface area contributed by atoms with Crippen molar-refractivity contribution in [1.29, 1.82) is 0 Å². The molecular formula is C19H24N6S2. The van der Waals surface area contributed by atoms with E-state index in [2.05, 4.69) is 44.2 Å². The molecule has 0 amide bonds. The Balaban J connectivity index is 1.62. The highest BCUT2D eigenvalue weighted by molar-refractivity contribution is 8.13. The van der Waals surface area contributed by atoms with E-state index in [0.717, 1.165) is 40.0 Å². The van der Waals surface area contributed by atoms with Crippen molar-refractivity contribution in [2.24, 2.45) is 26.8 Å². The maximum atomic E-state index is 5.79. The number of hydrogen-bond acceptors (Lipinski definition) is 7. The van der Waals surface area contributed by atoms with Crippen molar-refractivity contribution in [3.05, 3.63) is 40.9 Å². The Labute approximate surface area is 168 Å². The molecule has 2 unspecified atom stereocenters. The van der Waals surface area contributed by atoms with Gasteiger partial charge in [-0.05, 0) is 37.7 Å². The number of benzene rings is 1. The molecule has 3 rings (SSSR count). The van der Waals surface area contributed by atoms with Crippen molar-refractivity contribution in [2.75, 3.05) is 5.75 Å². The summed E-state index contributed by atoms with van der Waals surface area (Å²) in [7, 11) is 0. The van der Waals surface area contributed by atoms with Crippen LogP contribution in [0.2, 0.25) is 0 Å². The van der Waals surface area contributed by atoms with Gasteiger partial charge >= 0.3 is 0 Å². The Hall–Kier alpha value is -2.06. The van der Waals surface area contributed by atoms with Crippen molar-refractivity contribution >= 4 is 45.8 Å². The van der Waals surface area contributed by atoms with Gasteiger partial charge in [-0.1, -0.05) is 59.9 Å². The zero-order valence-corrected chi connectivity index (χ0v) is 17.0. The molecule has 2 atom stereocenters. The molecular weight excluding hydrogens is 376 g/mol. The van der Waals surface area contributed by atoms with Crippen LogP contribution < -0.4 is 5.73 Å². The predicted molar refractivity (Wildman–Crippen MR) is 117 cm³/mol. The molecule has 0 saturated heterocycles. The summed E-state index contributed by atoms with van der Waals surface area (Å²) in [6, 6.07) is 10.2. The first kappa shape index (κ1) is 19.7. The minimum absolute atomic E-state index is 0.457. The SMILES string of the molecule is C=NN=C(N)SCC1CCCC(c2nnc(N=C(C)c3ccccc3)s2)C1. The van der Waals surface area contributed by atoms with Crippen molar-refractivity contribution in [2.45, 2.75) is 38.5 Å². The van der Waals surface area contributed by atoms with E-state index in [1.807, 2.05) is 25.1 Å². The number of amidine groups is 1. The molecule has 0 spiro atoms. The van der Waals surface area contributed by atoms with Gasteiger partial charge in [-0.2, -0.15) is 5.10 Å². The predicted octanol–water partition coefficient (Wildman–Crippen LogP) is 4.62. The third kappa shape index (κ3) is 5.71. The lowest BCUT2D eigenvalue weighted by Crippen LogP contribution is -2.18. The molecule has 0 aliphatic heterocycles. The zero-order valence-electron chi connectivity index (χ0n) is 15.4. The molecule has 27 heavy (non-hydrogen) atoms. The third-order valence-corrected chi connectivity index (χ3v) is 6.65. The summed E-state index contributed by atoms with van der Waals surface area (Å²) in [5, 5.41) is 18.3. The first-order valence-electron chi connectivity index (χ1n) is 9.01. The van der Waals surface area contributed by atoms with E-state index >= 15 is 0 Å². The monoisotopic (exact) mass is 400 g/mol. The number of hydrogen-bond donors (Lipinski definition) is 1. The lowest BCUT2D eigenvalue weighted by atomic mass is 9.83. The van der Waals surface area contributed by atoms with Crippen molar-refractivity contribution in [3.63, 3.8) is 0 Å². The van der Waals surface area contributed by atoms with Crippen LogP contribution in [-0.2, 0) is 0 Å². The lowest BCUT2D eigenvalue weighted by molar-refractivity contribution is 0.347. The Morgan fingerprint density at radius 3 is 2.89 bits per heavy atom. The summed E-state index contributed by atoms with van der Waals surface area (Å²) in [6.45, 7) is 5.34. The molecule has 1 aromatic heterocycles. The van der Waals surface area contributed by atoms with Gasteiger partial charge in [0.2, 0.25) is 5.13 Å². The molecule has 0 bridgehead atoms. The molecule has 1 aliphatic rings. The van der Waals surface area contributed by atoms with Gasteiger partial charge in [-0.3, -0.25) is 0 Å². The number of nitrogens with two attached hydrogens (primary N) is 1. The lowest BCUT2D eigenvalue weighted by Gasteiger charge is -2.27. The minimum Gasteiger partial charge on any atom is -0.377 e. The molecule has 6 nitrogen and oxygen atoms in total. The summed E-state index contributed by atoms with van der Waals surface area (Å²) in [5.74, 6) is 2.02. The summed E-state index contributed by atoms with van der Waals surface area (Å²) >= 11 is 3.16. The van der Waals surface area contributed by atoms with Crippen LogP contribution >= 0.6 is 23.1 Å². The zero-order chi connectivity index (χ0) is 19.1. The molecule has 1 fully saturated rings. The van der Waals surface area contributed by atoms with Crippen LogP contribution in [0.5, 0.6) is 0 Å². The van der Waals surface area contributed by atoms with Crippen LogP contribution in [0, 0.1) is 5.92 Å². The molecule has 1 aliphatic carbocycles. The summed E-state index contributed by atoms with van der Waals surface area (Å²) in [4.78, 5) is 4.65. The van der Waals surface area contributed by atoms with E-state index in [-0.39, 0.29) is 0 Å². The molecule has 1 saturated carbocycles. The largest absolute Gasteiger partial charge is 0.377 e. The maximum Gasteiger partial charge on any atom is 0.231 e. The topological polar surface area (TPSA) is 88.9 Å². The van der Waals surface area contributed by atoms with E-state index < -0.39 is 0 Å². The Bertz CT molecular complexity index is 815. The normalized spacial score (nSPS) is 21.2. The summed E-state index contributed by atoms with van der Waals surface area (Å²) in [6.07, 6.45) is 4.69. The highest BCUT2D eigenvalue weighted by atomic mass is 32.2. The Kier molecular flexibility index (Phi) is 7.11. The van der Waals surface area contributed by atoms with E-state index in [0.29, 0.717) is 17.0 Å². The van der Waals surface area contributed by atoms with Crippen LogP contribution in [0.25, 0.3) is 0 Å². The van der Waals surface area contributed by atoms with Crippen LogP contribution in [0.15, 0.2) is 45.5 Å². The summed E-state index contributed by atoms with van der Waals surface area (Å²) in [5.41, 5.74) is 7.86. The van der Waals surface area contributed by atoms with Gasteiger partial charge in [-0.15, -0.1) is 15.3 Å². The van der Waals surface area contributed by atoms with Gasteiger partial charge < -0.3 is 5.73 Å². The van der Waals surface area contributed by atoms with Crippen LogP contribution in [0.4, 0.5) is 5.13 Å². The number of rotatable bonds is 6. The first-order valence-corrected chi connectivity index (χ1v) is 10.8. The van der Waals surface area contributed by atoms with E-state index in [1.54, 1.807) is 23.1 Å². The molecule has 142 valence electrons. The first-order chi connectivity index (χ1) is 13.2. The molecule has 2 aromatic rings. The van der Waals surface area contributed by atoms with Gasteiger partial charge in [0.15, 0.2) is 5.17 Å². The molecule has 1 aromatic carbocycles. The summed E-state index contributed by atoms with van der Waals surface area (Å²) < 4.78 is 0. The molecule has 8 heteroatoms. The number of aliphatic imine (C=N–C) groups is 1. The molecule has 2 N–H and O–H groups in total. The fraction of sp³-hybridized carbons (Fsp3) is 0.421. The van der Waals surface area contributed by atoms with Crippen LogP contribution in [0.3, 0.4) is 0 Å². The number of thioether (sulfide) groups is 1. The Morgan fingerprint density at radius 1 is 1.30 bits per heavy atom. The van der Waals surface area contributed by atoms with Crippen molar-refractivity contribution < 1.29 is 0 Å². The average Bonchev–Trinajstić information content (AvgIpc) is 3.16. The van der Waals surface area contributed by atoms with Gasteiger partial charge in [-0.25, -0.2) is 4.99 Å². The van der Waals surface area contributed by atoms with Gasteiger partial charge in [0, 0.05) is 24.1 Å². The van der Waals surface area contributed by atoms with Gasteiger partial charge in [0.25, 0.3) is 0 Å². The second-order valence-electron chi connectivity index (χ2n) is 6.61. The second kappa shape index (κ2) is 9.75. The van der Waals surface area contributed by atoms with Gasteiger partial charge in [0.1, 0.15) is 5.01 Å². The van der Waals surface area contributed by atoms with Gasteiger partial charge in [0.05, 0.1) is 0 Å². The minimum atomic E-state index is 0.457. The van der Waals surface area contributed by atoms with Crippen LogP contribution in [-0.4, -0.2) is 33.5 Å². The second-order valence-corrected chi connectivity index (χ2v) is 8.63. The molecule has 1 heterocycles. The van der Waals surface area contributed by atoms with Crippen molar-refractivity contribution in [1.82, 2.24) is 10.2 Å². The van der Waals surface area contributed by atoms with Crippen LogP contribution in [0.1, 0.15) is 49.1 Å². The maximum absolute atomic E-state index is 5.79. The van der Waals surface area contributed by atoms with E-state index in [4.69, 9.17) is 5.73 Å². The standard InChI is InChI=1S/C19H24N6S2/c1-13(15-8-4-3-5-9-15)22-19-25-23-17(27-19)16-10-6-7-14(11-16)12-26-18(20)24-21-2/h3-5,8-9,14,16H,2,6-7,10-12H2,1H3,(H2,20,24). The van der Waals surface area contributed by atoms with E-state index in [1.165, 1.54) is 12.8 Å². The third-order valence-electron chi connectivity index (χ3n) is 4.65. The van der Waals surface area contributed by atoms with E-state index in [9.17, 15) is 0 Å². The Morgan fingerprint density at radius 2 is 2.11 bits per heavy atom. The fourth-order valence-electron chi connectivity index (χ4n) is 3.29. The number of nitrogens with zero attached hydrogens (tertiary/aromatic N) is 5. The highest BCUT2D eigenvalue weighted by Gasteiger charge is 2.26. The quantitative estimate of drug-likeness (QED) is 0.435. The highest BCUT2D eigenvalue weighted by Crippen LogP contribution is 2.39.